The van der Waals surface area contributed by atoms with E-state index in [1.165, 1.54) is 18.6 Å². The maximum absolute atomic E-state index is 5.42. The zero-order valence-electron chi connectivity index (χ0n) is 14.3. The fourth-order valence-corrected chi connectivity index (χ4v) is 4.04. The van der Waals surface area contributed by atoms with Crippen molar-refractivity contribution in [3.63, 3.8) is 0 Å². The Bertz CT molecular complexity index is 577. The van der Waals surface area contributed by atoms with Gasteiger partial charge in [-0.3, -0.25) is 0 Å². The number of hydrogen-bond donors (Lipinski definition) is 2. The van der Waals surface area contributed by atoms with Crippen LogP contribution in [0.15, 0.2) is 23.2 Å². The summed E-state index contributed by atoms with van der Waals surface area (Å²) in [4.78, 5) is 4.69. The molecular formula is C17H26IN3O2S. The lowest BCUT2D eigenvalue weighted by Crippen LogP contribution is -2.43. The molecule has 0 saturated carbocycles. The average Bonchev–Trinajstić information content (AvgIpc) is 3.19. The van der Waals surface area contributed by atoms with Crippen molar-refractivity contribution in [1.29, 1.82) is 0 Å². The summed E-state index contributed by atoms with van der Waals surface area (Å²) < 4.78 is 11.1. The summed E-state index contributed by atoms with van der Waals surface area (Å²) in [5.74, 6) is 3.77. The molecule has 1 fully saturated rings. The van der Waals surface area contributed by atoms with Crippen molar-refractivity contribution in [3.8, 4) is 11.5 Å². The highest BCUT2D eigenvalue weighted by molar-refractivity contribution is 14.0. The molecule has 1 saturated heterocycles. The van der Waals surface area contributed by atoms with E-state index in [1.54, 1.807) is 0 Å². The van der Waals surface area contributed by atoms with Gasteiger partial charge in [0.1, 0.15) is 0 Å². The number of benzene rings is 1. The number of nitrogens with one attached hydrogen (secondary N) is 2. The van der Waals surface area contributed by atoms with E-state index < -0.39 is 0 Å². The summed E-state index contributed by atoms with van der Waals surface area (Å²) in [6, 6.07) is 5.99. The van der Waals surface area contributed by atoms with Crippen LogP contribution in [0.25, 0.3) is 0 Å². The minimum atomic E-state index is 0. The van der Waals surface area contributed by atoms with E-state index in [0.29, 0.717) is 18.1 Å². The van der Waals surface area contributed by atoms with E-state index in [1.807, 2.05) is 18.2 Å². The van der Waals surface area contributed by atoms with Gasteiger partial charge in [0.05, 0.1) is 6.54 Å². The van der Waals surface area contributed by atoms with Crippen LogP contribution in [-0.4, -0.2) is 36.3 Å². The summed E-state index contributed by atoms with van der Waals surface area (Å²) in [6.07, 6.45) is 2.58. The van der Waals surface area contributed by atoms with Crippen LogP contribution >= 0.6 is 35.7 Å². The predicted octanol–water partition coefficient (Wildman–Crippen LogP) is 3.37. The number of guanidine groups is 1. The van der Waals surface area contributed by atoms with Crippen LogP contribution in [0.1, 0.15) is 32.3 Å². The normalized spacial score (nSPS) is 22.2. The Morgan fingerprint density at radius 1 is 1.29 bits per heavy atom. The highest BCUT2D eigenvalue weighted by atomic mass is 127. The molecular weight excluding hydrogens is 437 g/mol. The fraction of sp³-hybridized carbons (Fsp3) is 0.588. The van der Waals surface area contributed by atoms with Crippen molar-refractivity contribution in [2.75, 3.05) is 25.6 Å². The van der Waals surface area contributed by atoms with Crippen LogP contribution in [0.3, 0.4) is 0 Å². The van der Waals surface area contributed by atoms with E-state index in [9.17, 15) is 0 Å². The third kappa shape index (κ3) is 5.08. The Morgan fingerprint density at radius 2 is 2.12 bits per heavy atom. The van der Waals surface area contributed by atoms with Gasteiger partial charge in [-0.2, -0.15) is 11.8 Å². The average molecular weight is 463 g/mol. The van der Waals surface area contributed by atoms with Gasteiger partial charge in [0.2, 0.25) is 6.79 Å². The van der Waals surface area contributed by atoms with Gasteiger partial charge in [-0.15, -0.1) is 24.0 Å². The first kappa shape index (κ1) is 19.5. The molecule has 2 heterocycles. The van der Waals surface area contributed by atoms with Crippen molar-refractivity contribution in [1.82, 2.24) is 10.6 Å². The molecule has 5 nitrogen and oxygen atoms in total. The third-order valence-electron chi connectivity index (χ3n) is 4.13. The summed E-state index contributed by atoms with van der Waals surface area (Å²) in [6.45, 7) is 7.16. The Balaban J connectivity index is 0.00000208. The molecule has 2 N–H and O–H groups in total. The van der Waals surface area contributed by atoms with Gasteiger partial charge in [-0.1, -0.05) is 6.07 Å². The van der Waals surface area contributed by atoms with Crippen molar-refractivity contribution in [2.45, 2.75) is 38.0 Å². The number of fused-ring (bicyclic) bond motifs is 1. The monoisotopic (exact) mass is 463 g/mol. The second-order valence-electron chi connectivity index (χ2n) is 6.14. The Labute approximate surface area is 165 Å². The van der Waals surface area contributed by atoms with Crippen LogP contribution < -0.4 is 20.1 Å². The summed E-state index contributed by atoms with van der Waals surface area (Å²) in [5, 5.41) is 6.81. The number of nitrogens with zero attached hydrogens (tertiary/aromatic N) is 1. The molecule has 1 atom stereocenters. The van der Waals surface area contributed by atoms with Gasteiger partial charge in [0.25, 0.3) is 0 Å². The van der Waals surface area contributed by atoms with Crippen molar-refractivity contribution in [2.24, 2.45) is 4.99 Å². The van der Waals surface area contributed by atoms with Crippen molar-refractivity contribution in [3.05, 3.63) is 23.8 Å². The molecule has 1 unspecified atom stereocenters. The molecule has 0 aromatic heterocycles. The maximum atomic E-state index is 5.42. The van der Waals surface area contributed by atoms with Gasteiger partial charge < -0.3 is 20.1 Å². The first-order valence-corrected chi connectivity index (χ1v) is 9.22. The van der Waals surface area contributed by atoms with Crippen LogP contribution in [0.4, 0.5) is 0 Å². The number of thioether (sulfide) groups is 1. The number of halogens is 1. The quantitative estimate of drug-likeness (QED) is 0.399. The predicted molar refractivity (Wildman–Crippen MR) is 111 cm³/mol. The Kier molecular flexibility index (Phi) is 7.34. The zero-order valence-corrected chi connectivity index (χ0v) is 17.4. The van der Waals surface area contributed by atoms with Crippen molar-refractivity contribution >= 4 is 41.7 Å². The van der Waals surface area contributed by atoms with Gasteiger partial charge in [0.15, 0.2) is 17.5 Å². The van der Waals surface area contributed by atoms with E-state index in [-0.39, 0.29) is 24.0 Å². The van der Waals surface area contributed by atoms with Gasteiger partial charge in [-0.05, 0) is 50.1 Å². The van der Waals surface area contributed by atoms with Crippen LogP contribution in [0.2, 0.25) is 0 Å². The lowest BCUT2D eigenvalue weighted by Gasteiger charge is -2.24. The van der Waals surface area contributed by atoms with Crippen LogP contribution in [-0.2, 0) is 6.54 Å². The first-order chi connectivity index (χ1) is 11.2. The molecule has 24 heavy (non-hydrogen) atoms. The lowest BCUT2D eigenvalue weighted by atomic mass is 10.1. The molecule has 0 aliphatic carbocycles. The molecule has 1 aromatic carbocycles. The molecule has 0 radical (unpaired) electrons. The molecule has 3 rings (SSSR count). The van der Waals surface area contributed by atoms with E-state index in [4.69, 9.17) is 14.5 Å². The number of aliphatic imine (C=N–C) groups is 1. The summed E-state index contributed by atoms with van der Waals surface area (Å²) in [7, 11) is 0. The molecule has 0 amide bonds. The Morgan fingerprint density at radius 3 is 2.88 bits per heavy atom. The van der Waals surface area contributed by atoms with E-state index >= 15 is 0 Å². The lowest BCUT2D eigenvalue weighted by molar-refractivity contribution is 0.174. The van der Waals surface area contributed by atoms with Crippen LogP contribution in [0.5, 0.6) is 11.5 Å². The molecule has 2 aliphatic heterocycles. The van der Waals surface area contributed by atoms with Gasteiger partial charge >= 0.3 is 0 Å². The minimum Gasteiger partial charge on any atom is -0.454 e. The highest BCUT2D eigenvalue weighted by Gasteiger charge is 2.29. The SMILES string of the molecule is CCNC(=NCc1ccc2c(c1)OCO2)NCC1(C)CCCS1.I. The first-order valence-electron chi connectivity index (χ1n) is 8.23. The standard InChI is InChI=1S/C17H25N3O2S.HI/c1-3-18-16(20-11-17(2)7-4-8-23-17)19-10-13-5-6-14-15(9-13)22-12-21-14;/h5-6,9H,3-4,7-8,10-12H2,1-2H3,(H2,18,19,20);1H. The van der Waals surface area contributed by atoms with E-state index in [0.717, 1.165) is 36.1 Å². The summed E-state index contributed by atoms with van der Waals surface area (Å²) in [5.41, 5.74) is 1.12. The molecule has 134 valence electrons. The third-order valence-corrected chi connectivity index (χ3v) is 5.67. The van der Waals surface area contributed by atoms with Gasteiger partial charge in [0, 0.05) is 17.8 Å². The number of hydrogen-bond acceptors (Lipinski definition) is 4. The van der Waals surface area contributed by atoms with Crippen molar-refractivity contribution < 1.29 is 9.47 Å². The van der Waals surface area contributed by atoms with Crippen LogP contribution in [0, 0.1) is 0 Å². The number of rotatable bonds is 5. The highest BCUT2D eigenvalue weighted by Crippen LogP contribution is 2.37. The molecule has 1 aromatic rings. The molecule has 7 heteroatoms. The van der Waals surface area contributed by atoms with Gasteiger partial charge in [-0.25, -0.2) is 4.99 Å². The fourth-order valence-electron chi connectivity index (χ4n) is 2.80. The summed E-state index contributed by atoms with van der Waals surface area (Å²) >= 11 is 2.06. The Hall–Kier alpha value is -0.830. The largest absolute Gasteiger partial charge is 0.454 e. The second-order valence-corrected chi connectivity index (χ2v) is 7.82. The maximum Gasteiger partial charge on any atom is 0.231 e. The topological polar surface area (TPSA) is 54.9 Å². The molecule has 0 bridgehead atoms. The molecule has 2 aliphatic rings. The second kappa shape index (κ2) is 9.03. The molecule has 0 spiro atoms. The minimum absolute atomic E-state index is 0. The number of ether oxygens (including phenoxy) is 2. The smallest absolute Gasteiger partial charge is 0.231 e. The van der Waals surface area contributed by atoms with E-state index in [2.05, 4.69) is 36.2 Å². The zero-order chi connectivity index (χ0) is 16.1.